The van der Waals surface area contributed by atoms with E-state index in [1.54, 1.807) is 0 Å². The van der Waals surface area contributed by atoms with Crippen LogP contribution in [0.5, 0.6) is 0 Å². The van der Waals surface area contributed by atoms with Gasteiger partial charge in [-0.05, 0) is 43.7 Å². The van der Waals surface area contributed by atoms with Crippen LogP contribution in [0.15, 0.2) is 30.3 Å². The Hall–Kier alpha value is -1.73. The third-order valence-electron chi connectivity index (χ3n) is 4.12. The van der Waals surface area contributed by atoms with E-state index in [9.17, 15) is 24.2 Å². The number of aryl methyl sites for hydroxylation is 1. The monoisotopic (exact) mass is 416 g/mol. The quantitative estimate of drug-likeness (QED) is 0.363. The summed E-state index contributed by atoms with van der Waals surface area (Å²) in [5.41, 5.74) is 6.36. The van der Waals surface area contributed by atoms with Crippen LogP contribution in [-0.4, -0.2) is 40.3 Å². The summed E-state index contributed by atoms with van der Waals surface area (Å²) >= 11 is 0. The standard InChI is InChI=1S/C19H31N2O6P.H2/c1-14(2)13-18(21-17(22)11-10-15-7-4-3-5-8-15)28(25,26)27-16(19(23)24)9-6-12-20;/h3-5,7-8,14,16,18H,6,9-13,20H2,1-2H3,(H,21,22)(H,23,24)(H,25,26);1H. The average molecular weight is 416 g/mol. The third-order valence-corrected chi connectivity index (χ3v) is 5.81. The molecule has 0 heterocycles. The summed E-state index contributed by atoms with van der Waals surface area (Å²) in [5.74, 6) is -2.89. The van der Waals surface area contributed by atoms with Gasteiger partial charge >= 0.3 is 13.6 Å². The summed E-state index contributed by atoms with van der Waals surface area (Å²) in [6.07, 6.45) is -0.258. The predicted octanol–water partition coefficient (Wildman–Crippen LogP) is 2.75. The van der Waals surface area contributed by atoms with Crippen molar-refractivity contribution in [1.82, 2.24) is 5.32 Å². The van der Waals surface area contributed by atoms with Gasteiger partial charge in [0.05, 0.1) is 0 Å². The summed E-state index contributed by atoms with van der Waals surface area (Å²) in [6, 6.07) is 9.42. The molecule has 8 nitrogen and oxygen atoms in total. The lowest BCUT2D eigenvalue weighted by Crippen LogP contribution is -2.38. The van der Waals surface area contributed by atoms with Crippen LogP contribution in [0.2, 0.25) is 0 Å². The molecule has 0 aliphatic heterocycles. The maximum absolute atomic E-state index is 12.8. The zero-order chi connectivity index (χ0) is 21.2. The first-order valence-corrected chi connectivity index (χ1v) is 11.1. The number of carboxylic acids is 1. The lowest BCUT2D eigenvalue weighted by molar-refractivity contribution is -0.145. The van der Waals surface area contributed by atoms with E-state index in [2.05, 4.69) is 5.32 Å². The highest BCUT2D eigenvalue weighted by Gasteiger charge is 2.38. The van der Waals surface area contributed by atoms with E-state index < -0.39 is 25.5 Å². The Kier molecular flexibility index (Phi) is 10.4. The fourth-order valence-electron chi connectivity index (χ4n) is 2.66. The highest BCUT2D eigenvalue weighted by atomic mass is 31.2. The molecule has 1 rings (SSSR count). The normalized spacial score (nSPS) is 15.6. The van der Waals surface area contributed by atoms with Crippen LogP contribution in [0.25, 0.3) is 0 Å². The molecular weight excluding hydrogens is 383 g/mol. The van der Waals surface area contributed by atoms with Gasteiger partial charge in [-0.15, -0.1) is 0 Å². The molecule has 0 radical (unpaired) electrons. The van der Waals surface area contributed by atoms with Crippen molar-refractivity contribution >= 4 is 19.5 Å². The molecule has 5 N–H and O–H groups in total. The number of nitrogens with one attached hydrogen (secondary N) is 1. The van der Waals surface area contributed by atoms with E-state index in [-0.39, 0.29) is 39.1 Å². The first-order chi connectivity index (χ1) is 13.2. The molecule has 3 atom stereocenters. The molecule has 28 heavy (non-hydrogen) atoms. The minimum atomic E-state index is -4.41. The molecule has 1 amide bonds. The van der Waals surface area contributed by atoms with Gasteiger partial charge in [-0.3, -0.25) is 13.9 Å². The second-order valence-corrected chi connectivity index (χ2v) is 9.09. The van der Waals surface area contributed by atoms with Crippen molar-refractivity contribution in [1.29, 1.82) is 0 Å². The molecule has 0 saturated carbocycles. The molecular formula is C19H33N2O6P. The number of hydrogen-bond donors (Lipinski definition) is 4. The maximum Gasteiger partial charge on any atom is 0.351 e. The van der Waals surface area contributed by atoms with E-state index in [4.69, 9.17) is 10.3 Å². The molecule has 0 aliphatic carbocycles. The fourth-order valence-corrected chi connectivity index (χ4v) is 4.36. The SMILES string of the molecule is CC(C)CC(NC(=O)CCc1ccccc1)P(=O)(O)OC(CCCN)C(=O)O.[HH]. The van der Waals surface area contributed by atoms with Crippen molar-refractivity contribution in [3.05, 3.63) is 35.9 Å². The smallest absolute Gasteiger partial charge is 0.351 e. The van der Waals surface area contributed by atoms with Crippen molar-refractivity contribution in [2.45, 2.75) is 57.8 Å². The van der Waals surface area contributed by atoms with E-state index in [0.29, 0.717) is 12.8 Å². The molecule has 160 valence electrons. The first-order valence-electron chi connectivity index (χ1n) is 9.42. The number of carboxylic acid groups (broad SMARTS) is 1. The molecule has 1 aromatic rings. The van der Waals surface area contributed by atoms with Crippen molar-refractivity contribution in [2.24, 2.45) is 11.7 Å². The molecule has 3 unspecified atom stereocenters. The second kappa shape index (κ2) is 12.0. The summed E-state index contributed by atoms with van der Waals surface area (Å²) in [6.45, 7) is 3.92. The first kappa shape index (κ1) is 24.3. The summed E-state index contributed by atoms with van der Waals surface area (Å²) in [4.78, 5) is 34.0. The number of carbonyl (C=O) groups is 2. The predicted molar refractivity (Wildman–Crippen MR) is 109 cm³/mol. The Morgan fingerprint density at radius 2 is 1.93 bits per heavy atom. The van der Waals surface area contributed by atoms with Crippen LogP contribution < -0.4 is 11.1 Å². The average Bonchev–Trinajstić information content (AvgIpc) is 2.63. The summed E-state index contributed by atoms with van der Waals surface area (Å²) in [5, 5.41) is 11.8. The molecule has 0 fully saturated rings. The topological polar surface area (TPSA) is 139 Å². The Labute approximate surface area is 167 Å². The Morgan fingerprint density at radius 1 is 1.29 bits per heavy atom. The summed E-state index contributed by atoms with van der Waals surface area (Å²) < 4.78 is 17.8. The second-order valence-electron chi connectivity index (χ2n) is 7.13. The van der Waals surface area contributed by atoms with Gasteiger partial charge in [0.1, 0.15) is 5.78 Å². The van der Waals surface area contributed by atoms with Crippen molar-refractivity contribution in [3.63, 3.8) is 0 Å². The van der Waals surface area contributed by atoms with Crippen LogP contribution in [0.1, 0.15) is 46.5 Å². The van der Waals surface area contributed by atoms with Gasteiger partial charge in [0, 0.05) is 7.85 Å². The molecule has 0 spiro atoms. The zero-order valence-corrected chi connectivity index (χ0v) is 17.3. The summed E-state index contributed by atoms with van der Waals surface area (Å²) in [7, 11) is -4.41. The maximum atomic E-state index is 12.8. The number of hydrogen-bond acceptors (Lipinski definition) is 5. The van der Waals surface area contributed by atoms with E-state index in [0.717, 1.165) is 5.56 Å². The third kappa shape index (κ3) is 8.97. The number of carbonyl (C=O) groups excluding carboxylic acids is 1. The van der Waals surface area contributed by atoms with E-state index in [1.807, 2.05) is 44.2 Å². The molecule has 0 aromatic heterocycles. The lowest BCUT2D eigenvalue weighted by Gasteiger charge is -2.27. The molecule has 0 bridgehead atoms. The van der Waals surface area contributed by atoms with Crippen molar-refractivity contribution < 1.29 is 30.1 Å². The fraction of sp³-hybridized carbons (Fsp3) is 0.579. The minimum absolute atomic E-state index is 0. The van der Waals surface area contributed by atoms with Gasteiger partial charge in [-0.2, -0.15) is 0 Å². The zero-order valence-electron chi connectivity index (χ0n) is 16.4. The van der Waals surface area contributed by atoms with Gasteiger partial charge in [0.2, 0.25) is 5.91 Å². The molecule has 1 aromatic carbocycles. The number of amides is 1. The van der Waals surface area contributed by atoms with Crippen LogP contribution in [0, 0.1) is 5.92 Å². The van der Waals surface area contributed by atoms with Gasteiger partial charge in [-0.1, -0.05) is 44.2 Å². The van der Waals surface area contributed by atoms with E-state index >= 15 is 0 Å². The Balaban J connectivity index is 0.00000784. The Bertz CT molecular complexity index is 674. The van der Waals surface area contributed by atoms with Crippen LogP contribution in [0.4, 0.5) is 0 Å². The number of nitrogens with two attached hydrogens (primary N) is 1. The van der Waals surface area contributed by atoms with Gasteiger partial charge in [0.15, 0.2) is 6.10 Å². The Morgan fingerprint density at radius 3 is 2.46 bits per heavy atom. The van der Waals surface area contributed by atoms with Gasteiger partial charge in [-0.25, -0.2) is 4.79 Å². The number of aliphatic carboxylic acids is 1. The van der Waals surface area contributed by atoms with E-state index in [1.165, 1.54) is 0 Å². The molecule has 0 aliphatic rings. The molecule has 9 heteroatoms. The van der Waals surface area contributed by atoms with Crippen molar-refractivity contribution in [2.75, 3.05) is 6.54 Å². The number of benzene rings is 1. The number of rotatable bonds is 13. The van der Waals surface area contributed by atoms with Gasteiger partial charge in [0.25, 0.3) is 0 Å². The van der Waals surface area contributed by atoms with Crippen LogP contribution >= 0.6 is 7.60 Å². The highest BCUT2D eigenvalue weighted by Crippen LogP contribution is 2.50. The minimum Gasteiger partial charge on any atom is -0.479 e. The highest BCUT2D eigenvalue weighted by molar-refractivity contribution is 7.53. The van der Waals surface area contributed by atoms with Gasteiger partial charge < -0.3 is 21.1 Å². The van der Waals surface area contributed by atoms with Crippen LogP contribution in [-0.2, 0) is 25.1 Å². The van der Waals surface area contributed by atoms with Crippen LogP contribution in [0.3, 0.4) is 0 Å². The lowest BCUT2D eigenvalue weighted by atomic mass is 10.1. The molecule has 0 saturated heterocycles. The van der Waals surface area contributed by atoms with Crippen molar-refractivity contribution in [3.8, 4) is 0 Å². The largest absolute Gasteiger partial charge is 0.479 e.